The van der Waals surface area contributed by atoms with Gasteiger partial charge in [-0.15, -0.1) is 0 Å². The summed E-state index contributed by atoms with van der Waals surface area (Å²) in [4.78, 5) is 33.8. The van der Waals surface area contributed by atoms with Crippen molar-refractivity contribution in [3.8, 4) is 0 Å². The molecule has 0 aliphatic carbocycles. The molecule has 1 aromatic rings. The normalized spacial score (nSPS) is 13.0. The van der Waals surface area contributed by atoms with Gasteiger partial charge in [0.1, 0.15) is 0 Å². The lowest BCUT2D eigenvalue weighted by atomic mass is 10.1. The fourth-order valence-electron chi connectivity index (χ4n) is 1.42. The number of carbonyl (C=O) groups is 3. The predicted molar refractivity (Wildman–Crippen MR) is 74.7 cm³/mol. The molecular weight excluding hydrogens is 276 g/mol. The van der Waals surface area contributed by atoms with E-state index in [0.717, 1.165) is 6.92 Å². The van der Waals surface area contributed by atoms with Crippen molar-refractivity contribution in [1.29, 1.82) is 0 Å². The van der Waals surface area contributed by atoms with Crippen LogP contribution in [0.1, 0.15) is 23.7 Å². The highest BCUT2D eigenvalue weighted by Gasteiger charge is 2.30. The Balaban J connectivity index is 2.28. The lowest BCUT2D eigenvalue weighted by Crippen LogP contribution is -2.47. The third-order valence-corrected chi connectivity index (χ3v) is 2.76. The number of carboxylic acid groups (broad SMARTS) is 1. The van der Waals surface area contributed by atoms with Gasteiger partial charge in [0.15, 0.2) is 5.60 Å². The summed E-state index contributed by atoms with van der Waals surface area (Å²) in [5.41, 5.74) is -1.52. The van der Waals surface area contributed by atoms with Gasteiger partial charge >= 0.3 is 5.97 Å². The second-order valence-corrected chi connectivity index (χ2v) is 4.73. The molecule has 21 heavy (non-hydrogen) atoms. The van der Waals surface area contributed by atoms with Gasteiger partial charge in [0.25, 0.3) is 5.91 Å². The molecule has 0 aliphatic rings. The molecule has 2 amide bonds. The standard InChI is InChI=1S/C14H18N2O5/c1-14(21,13(19)20)9-16-11(17)7-8-15-12(18)10-5-3-2-4-6-10/h2-6,21H,7-9H2,1H3,(H,15,18)(H,16,17)(H,19,20). The Morgan fingerprint density at radius 1 is 1.14 bits per heavy atom. The molecule has 0 spiro atoms. The highest BCUT2D eigenvalue weighted by atomic mass is 16.4. The molecule has 7 heteroatoms. The number of hydrogen-bond acceptors (Lipinski definition) is 4. The van der Waals surface area contributed by atoms with Crippen LogP contribution in [0.2, 0.25) is 0 Å². The molecule has 1 aromatic carbocycles. The van der Waals surface area contributed by atoms with Crippen molar-refractivity contribution in [1.82, 2.24) is 10.6 Å². The van der Waals surface area contributed by atoms with Crippen LogP contribution in [-0.2, 0) is 9.59 Å². The van der Waals surface area contributed by atoms with Crippen LogP contribution >= 0.6 is 0 Å². The van der Waals surface area contributed by atoms with Gasteiger partial charge in [0.05, 0.1) is 6.54 Å². The molecule has 114 valence electrons. The van der Waals surface area contributed by atoms with Crippen LogP contribution in [0.5, 0.6) is 0 Å². The molecule has 0 aromatic heterocycles. The molecule has 0 fully saturated rings. The number of hydrogen-bond donors (Lipinski definition) is 4. The highest BCUT2D eigenvalue weighted by Crippen LogP contribution is 2.01. The molecule has 0 radical (unpaired) electrons. The Morgan fingerprint density at radius 2 is 1.76 bits per heavy atom. The van der Waals surface area contributed by atoms with Crippen LogP contribution in [0.3, 0.4) is 0 Å². The molecule has 0 saturated carbocycles. The molecule has 0 bridgehead atoms. The molecule has 7 nitrogen and oxygen atoms in total. The third-order valence-electron chi connectivity index (χ3n) is 2.76. The number of benzene rings is 1. The molecular formula is C14H18N2O5. The minimum Gasteiger partial charge on any atom is -0.479 e. The van der Waals surface area contributed by atoms with E-state index >= 15 is 0 Å². The van der Waals surface area contributed by atoms with Gasteiger partial charge in [-0.2, -0.15) is 0 Å². The van der Waals surface area contributed by atoms with E-state index in [1.807, 2.05) is 0 Å². The van der Waals surface area contributed by atoms with Crippen LogP contribution in [0.15, 0.2) is 30.3 Å². The van der Waals surface area contributed by atoms with E-state index < -0.39 is 24.0 Å². The maximum Gasteiger partial charge on any atom is 0.337 e. The molecule has 1 rings (SSSR count). The van der Waals surface area contributed by atoms with Crippen molar-refractivity contribution in [3.05, 3.63) is 35.9 Å². The van der Waals surface area contributed by atoms with Crippen LogP contribution in [0.4, 0.5) is 0 Å². The topological polar surface area (TPSA) is 116 Å². The van der Waals surface area contributed by atoms with E-state index in [9.17, 15) is 19.5 Å². The minimum absolute atomic E-state index is 0.00568. The highest BCUT2D eigenvalue weighted by molar-refractivity contribution is 5.94. The third kappa shape index (κ3) is 5.62. The van der Waals surface area contributed by atoms with Crippen molar-refractivity contribution in [3.63, 3.8) is 0 Å². The molecule has 4 N–H and O–H groups in total. The number of carboxylic acids is 1. The zero-order valence-corrected chi connectivity index (χ0v) is 11.6. The summed E-state index contributed by atoms with van der Waals surface area (Å²) in [6.07, 6.45) is -0.00568. The van der Waals surface area contributed by atoms with Crippen molar-refractivity contribution in [2.75, 3.05) is 13.1 Å². The van der Waals surface area contributed by atoms with Gasteiger partial charge in [0, 0.05) is 18.5 Å². The van der Waals surface area contributed by atoms with E-state index in [1.54, 1.807) is 30.3 Å². The Labute approximate surface area is 122 Å². The van der Waals surface area contributed by atoms with Gasteiger partial charge in [-0.05, 0) is 19.1 Å². The van der Waals surface area contributed by atoms with Gasteiger partial charge in [-0.25, -0.2) is 4.79 Å². The summed E-state index contributed by atoms with van der Waals surface area (Å²) in [5, 5.41) is 23.0. The molecule has 1 unspecified atom stereocenters. The maximum absolute atomic E-state index is 11.7. The quantitative estimate of drug-likeness (QED) is 0.554. The Morgan fingerprint density at radius 3 is 2.33 bits per heavy atom. The Kier molecular flexibility index (Phi) is 5.86. The van der Waals surface area contributed by atoms with E-state index in [0.29, 0.717) is 5.56 Å². The van der Waals surface area contributed by atoms with Crippen molar-refractivity contribution in [2.45, 2.75) is 18.9 Å². The van der Waals surface area contributed by atoms with Gasteiger partial charge in [-0.3, -0.25) is 9.59 Å². The summed E-state index contributed by atoms with van der Waals surface area (Å²) in [7, 11) is 0. The number of nitrogens with one attached hydrogen (secondary N) is 2. The molecule has 1 atom stereocenters. The monoisotopic (exact) mass is 294 g/mol. The fourth-order valence-corrected chi connectivity index (χ4v) is 1.42. The lowest BCUT2D eigenvalue weighted by molar-refractivity contribution is -0.156. The van der Waals surface area contributed by atoms with Gasteiger partial charge in [0.2, 0.25) is 5.91 Å². The average Bonchev–Trinajstić information content (AvgIpc) is 2.46. The largest absolute Gasteiger partial charge is 0.479 e. The van der Waals surface area contributed by atoms with Crippen molar-refractivity contribution < 1.29 is 24.6 Å². The van der Waals surface area contributed by atoms with Gasteiger partial charge in [-0.1, -0.05) is 18.2 Å². The predicted octanol–water partition coefficient (Wildman–Crippen LogP) is -0.242. The number of carbonyl (C=O) groups excluding carboxylic acids is 2. The number of amides is 2. The molecule has 0 aliphatic heterocycles. The zero-order chi connectivity index (χ0) is 15.9. The smallest absolute Gasteiger partial charge is 0.337 e. The van der Waals surface area contributed by atoms with E-state index in [4.69, 9.17) is 5.11 Å². The Bertz CT molecular complexity index is 513. The second kappa shape index (κ2) is 7.39. The van der Waals surface area contributed by atoms with E-state index in [2.05, 4.69) is 10.6 Å². The second-order valence-electron chi connectivity index (χ2n) is 4.73. The van der Waals surface area contributed by atoms with Crippen LogP contribution in [0, 0.1) is 0 Å². The number of rotatable bonds is 7. The van der Waals surface area contributed by atoms with Crippen LogP contribution in [-0.4, -0.2) is 46.7 Å². The first kappa shape index (κ1) is 16.6. The van der Waals surface area contributed by atoms with Crippen molar-refractivity contribution >= 4 is 17.8 Å². The first-order valence-corrected chi connectivity index (χ1v) is 6.38. The summed E-state index contributed by atoms with van der Waals surface area (Å²) in [6, 6.07) is 8.56. The Hall–Kier alpha value is -2.41. The van der Waals surface area contributed by atoms with Gasteiger partial charge < -0.3 is 20.8 Å². The zero-order valence-electron chi connectivity index (χ0n) is 11.6. The first-order chi connectivity index (χ1) is 9.83. The molecule has 0 saturated heterocycles. The summed E-state index contributed by atoms with van der Waals surface area (Å²) >= 11 is 0. The summed E-state index contributed by atoms with van der Waals surface area (Å²) < 4.78 is 0. The number of aliphatic hydroxyl groups is 1. The minimum atomic E-state index is -2.01. The maximum atomic E-state index is 11.7. The number of aliphatic carboxylic acids is 1. The SMILES string of the molecule is CC(O)(CNC(=O)CCNC(=O)c1ccccc1)C(=O)O. The fraction of sp³-hybridized carbons (Fsp3) is 0.357. The van der Waals surface area contributed by atoms with E-state index in [1.165, 1.54) is 0 Å². The average molecular weight is 294 g/mol. The molecule has 0 heterocycles. The summed E-state index contributed by atoms with van der Waals surface area (Å²) in [6.45, 7) is 0.815. The van der Waals surface area contributed by atoms with Crippen molar-refractivity contribution in [2.24, 2.45) is 0 Å². The lowest BCUT2D eigenvalue weighted by Gasteiger charge is -2.18. The van der Waals surface area contributed by atoms with E-state index in [-0.39, 0.29) is 18.9 Å². The van der Waals surface area contributed by atoms with Crippen LogP contribution in [0.25, 0.3) is 0 Å². The summed E-state index contributed by atoms with van der Waals surface area (Å²) in [5.74, 6) is -2.16. The first-order valence-electron chi connectivity index (χ1n) is 6.38. The van der Waals surface area contributed by atoms with Crippen LogP contribution < -0.4 is 10.6 Å².